The van der Waals surface area contributed by atoms with E-state index in [1.165, 1.54) is 18.2 Å². The average molecular weight is 522 g/mol. The van der Waals surface area contributed by atoms with E-state index in [2.05, 4.69) is 15.1 Å². The Kier molecular flexibility index (Phi) is 4.23. The largest absolute Gasteiger partial charge is 0.434 e. The fraction of sp³-hybridized carbons (Fsp3) is 0.333. The number of nitrogens with two attached hydrogens (primary N) is 1. The number of pyridine rings is 1. The summed E-state index contributed by atoms with van der Waals surface area (Å²) in [6, 6.07) is 6.96. The van der Waals surface area contributed by atoms with E-state index >= 15 is 0 Å². The van der Waals surface area contributed by atoms with Crippen molar-refractivity contribution in [1.29, 1.82) is 0 Å². The standard InChI is InChI=1S/C27H24F2N6O3/c1-34-19-8-17(21-16(24(34)37)3-2-4-20(21)38-26(28)29)22-18-7-13(5-6-35(18)33-23(19)22)14-11-31-25(32-12-14)27(30)9-15(36)10-27/h2-7,11-12,15,17,19,26,36H,8-10,30H2,1H3/t15?,17-,19-,27?/m1/s1/i1D3. The van der Waals surface area contributed by atoms with E-state index in [1.807, 2.05) is 6.07 Å². The van der Waals surface area contributed by atoms with Gasteiger partial charge in [0.25, 0.3) is 5.91 Å². The highest BCUT2D eigenvalue weighted by Crippen LogP contribution is 2.53. The molecule has 4 aromatic rings. The van der Waals surface area contributed by atoms with Crippen LogP contribution in [0.1, 0.15) is 68.3 Å². The van der Waals surface area contributed by atoms with Gasteiger partial charge in [-0.25, -0.2) is 14.5 Å². The van der Waals surface area contributed by atoms with Gasteiger partial charge in [-0.05, 0) is 49.1 Å². The molecule has 1 aliphatic heterocycles. The van der Waals surface area contributed by atoms with Crippen molar-refractivity contribution in [2.75, 3.05) is 6.98 Å². The van der Waals surface area contributed by atoms with Gasteiger partial charge in [-0.1, -0.05) is 6.07 Å². The van der Waals surface area contributed by atoms with Crippen molar-refractivity contribution < 1.29 is 27.5 Å². The Hall–Kier alpha value is -3.96. The number of amides is 1. The number of alkyl halides is 2. The molecule has 1 amide bonds. The number of carbonyl (C=O) groups excluding carboxylic acids is 1. The van der Waals surface area contributed by atoms with Gasteiger partial charge in [-0.2, -0.15) is 13.9 Å². The summed E-state index contributed by atoms with van der Waals surface area (Å²) in [7, 11) is 0. The first kappa shape index (κ1) is 20.1. The maximum atomic E-state index is 13.6. The number of aliphatic hydroxyl groups is 1. The number of fused-ring (bicyclic) bond motifs is 9. The average Bonchev–Trinajstić information content (AvgIpc) is 3.39. The van der Waals surface area contributed by atoms with E-state index in [0.29, 0.717) is 41.0 Å². The summed E-state index contributed by atoms with van der Waals surface area (Å²) in [6.07, 6.45) is 5.46. The number of rotatable bonds is 4. The second kappa shape index (κ2) is 8.02. The Bertz CT molecular complexity index is 1710. The number of carbonyl (C=O) groups is 1. The van der Waals surface area contributed by atoms with Crippen molar-refractivity contribution in [2.45, 2.75) is 49.5 Å². The number of halogens is 2. The van der Waals surface area contributed by atoms with Gasteiger partial charge in [-0.3, -0.25) is 4.79 Å². The highest BCUT2D eigenvalue weighted by atomic mass is 19.3. The predicted octanol–water partition coefficient (Wildman–Crippen LogP) is 3.36. The normalized spacial score (nSPS) is 27.3. The molecular weight excluding hydrogens is 494 g/mol. The zero-order valence-corrected chi connectivity index (χ0v) is 19.9. The molecule has 2 aliphatic carbocycles. The summed E-state index contributed by atoms with van der Waals surface area (Å²) in [5.41, 5.74) is 8.87. The van der Waals surface area contributed by atoms with E-state index in [4.69, 9.17) is 14.6 Å². The molecule has 0 spiro atoms. The van der Waals surface area contributed by atoms with Crippen LogP contribution in [-0.2, 0) is 5.54 Å². The van der Waals surface area contributed by atoms with Crippen LogP contribution in [0.25, 0.3) is 16.6 Å². The zero-order valence-electron chi connectivity index (χ0n) is 22.9. The molecule has 1 fully saturated rings. The highest BCUT2D eigenvalue weighted by Gasteiger charge is 2.46. The first-order chi connectivity index (χ1) is 19.4. The molecule has 194 valence electrons. The minimum absolute atomic E-state index is 0.00810. The van der Waals surface area contributed by atoms with Crippen molar-refractivity contribution in [2.24, 2.45) is 5.73 Å². The molecule has 9 nitrogen and oxygen atoms in total. The molecule has 0 radical (unpaired) electrons. The van der Waals surface area contributed by atoms with Crippen LogP contribution in [0.4, 0.5) is 8.78 Å². The number of hydrogen-bond acceptors (Lipinski definition) is 7. The Morgan fingerprint density at radius 1 is 1.21 bits per heavy atom. The number of nitrogens with zero attached hydrogens (tertiary/aromatic N) is 5. The fourth-order valence-electron chi connectivity index (χ4n) is 6.07. The van der Waals surface area contributed by atoms with Gasteiger partial charge in [0.15, 0.2) is 0 Å². The van der Waals surface area contributed by atoms with Gasteiger partial charge in [-0.15, -0.1) is 0 Å². The van der Waals surface area contributed by atoms with Gasteiger partial charge < -0.3 is 20.5 Å². The van der Waals surface area contributed by atoms with Gasteiger partial charge in [0.1, 0.15) is 11.6 Å². The monoisotopic (exact) mass is 521 g/mol. The van der Waals surface area contributed by atoms with Crippen LogP contribution in [0.15, 0.2) is 48.9 Å². The number of aliphatic hydroxyl groups excluding tert-OH is 1. The molecule has 0 saturated heterocycles. The Balaban J connectivity index is 1.38. The molecule has 3 aliphatic rings. The van der Waals surface area contributed by atoms with Crippen LogP contribution in [0.5, 0.6) is 5.75 Å². The summed E-state index contributed by atoms with van der Waals surface area (Å²) in [4.78, 5) is 23.3. The lowest BCUT2D eigenvalue weighted by atomic mass is 9.74. The molecule has 3 aromatic heterocycles. The molecule has 2 bridgehead atoms. The third-order valence-electron chi connectivity index (χ3n) is 7.85. The summed E-state index contributed by atoms with van der Waals surface area (Å²) >= 11 is 0. The number of ether oxygens (including phenoxy) is 1. The van der Waals surface area contributed by atoms with Crippen molar-refractivity contribution in [3.8, 4) is 16.9 Å². The summed E-state index contributed by atoms with van der Waals surface area (Å²) in [5.74, 6) is -1.14. The van der Waals surface area contributed by atoms with Crippen molar-refractivity contribution in [3.05, 3.63) is 77.1 Å². The van der Waals surface area contributed by atoms with Crippen molar-refractivity contribution >= 4 is 11.4 Å². The van der Waals surface area contributed by atoms with Crippen molar-refractivity contribution in [1.82, 2.24) is 24.5 Å². The van der Waals surface area contributed by atoms with E-state index in [1.54, 1.807) is 29.2 Å². The van der Waals surface area contributed by atoms with Crippen LogP contribution >= 0.6 is 0 Å². The van der Waals surface area contributed by atoms with Crippen LogP contribution in [0.3, 0.4) is 0 Å². The first-order valence-electron chi connectivity index (χ1n) is 13.7. The smallest absolute Gasteiger partial charge is 0.387 e. The minimum atomic E-state index is -3.13. The maximum Gasteiger partial charge on any atom is 0.387 e. The SMILES string of the molecule is [2H]C([2H])([2H])N1C(=O)c2cccc(OC(F)F)c2[C@H]2C[C@@H]1c1nn3ccc(-c4cnc(C5(N)CC(O)C5)nc4)cc3c12. The lowest BCUT2D eigenvalue weighted by Crippen LogP contribution is -2.52. The molecule has 4 heterocycles. The molecule has 1 saturated carbocycles. The van der Waals surface area contributed by atoms with E-state index in [-0.39, 0.29) is 23.3 Å². The minimum Gasteiger partial charge on any atom is -0.434 e. The van der Waals surface area contributed by atoms with Gasteiger partial charge in [0, 0.05) is 57.9 Å². The lowest BCUT2D eigenvalue weighted by Gasteiger charge is -2.40. The second-order valence-electron chi connectivity index (χ2n) is 10.1. The highest BCUT2D eigenvalue weighted by molar-refractivity contribution is 5.98. The maximum absolute atomic E-state index is 13.6. The van der Waals surface area contributed by atoms with Crippen LogP contribution in [0.2, 0.25) is 0 Å². The van der Waals surface area contributed by atoms with Crippen LogP contribution in [0, 0.1) is 0 Å². The first-order valence-corrected chi connectivity index (χ1v) is 12.2. The molecule has 38 heavy (non-hydrogen) atoms. The summed E-state index contributed by atoms with van der Waals surface area (Å²) < 4.78 is 57.7. The molecule has 1 aromatic carbocycles. The molecule has 2 atom stereocenters. The quantitative estimate of drug-likeness (QED) is 0.423. The van der Waals surface area contributed by atoms with Crippen LogP contribution < -0.4 is 10.5 Å². The van der Waals surface area contributed by atoms with E-state index < -0.39 is 43.1 Å². The Morgan fingerprint density at radius 2 is 2.00 bits per heavy atom. The lowest BCUT2D eigenvalue weighted by molar-refractivity contribution is -0.0505. The van der Waals surface area contributed by atoms with Crippen LogP contribution in [-0.4, -0.2) is 55.2 Å². The Morgan fingerprint density at radius 3 is 2.71 bits per heavy atom. The van der Waals surface area contributed by atoms with Gasteiger partial charge >= 0.3 is 6.61 Å². The molecular formula is C27H24F2N6O3. The Labute approximate surface area is 220 Å². The van der Waals surface area contributed by atoms with Crippen molar-refractivity contribution in [3.63, 3.8) is 0 Å². The molecule has 11 heteroatoms. The second-order valence-corrected chi connectivity index (χ2v) is 10.1. The summed E-state index contributed by atoms with van der Waals surface area (Å²) in [6.45, 7) is -5.93. The molecule has 3 N–H and O–H groups in total. The third-order valence-corrected chi connectivity index (χ3v) is 7.85. The zero-order chi connectivity index (χ0) is 28.8. The third kappa shape index (κ3) is 3.28. The fourth-order valence-corrected chi connectivity index (χ4v) is 6.07. The topological polar surface area (TPSA) is 119 Å². The number of benzene rings is 1. The molecule has 0 unspecified atom stereocenters. The van der Waals surface area contributed by atoms with Gasteiger partial charge in [0.2, 0.25) is 0 Å². The summed E-state index contributed by atoms with van der Waals surface area (Å²) in [5, 5.41) is 14.3. The van der Waals surface area contributed by atoms with E-state index in [0.717, 1.165) is 10.5 Å². The molecule has 7 rings (SSSR count). The number of aromatic nitrogens is 4. The van der Waals surface area contributed by atoms with Gasteiger partial charge in [0.05, 0.1) is 28.9 Å². The van der Waals surface area contributed by atoms with E-state index in [9.17, 15) is 18.7 Å². The number of hydrogen-bond donors (Lipinski definition) is 2. The predicted molar refractivity (Wildman–Crippen MR) is 132 cm³/mol.